The molecule has 4 aromatic rings. The van der Waals surface area contributed by atoms with Crippen LogP contribution in [-0.2, 0) is 12.8 Å². The van der Waals surface area contributed by atoms with Crippen LogP contribution >= 0.6 is 11.8 Å². The van der Waals surface area contributed by atoms with Crippen molar-refractivity contribution in [2.24, 2.45) is 7.05 Å². The van der Waals surface area contributed by atoms with Crippen molar-refractivity contribution in [1.82, 2.24) is 34.7 Å². The molecule has 0 aliphatic carbocycles. The first-order valence-corrected chi connectivity index (χ1v) is 8.44. The van der Waals surface area contributed by atoms with Crippen molar-refractivity contribution in [3.63, 3.8) is 0 Å². The Balaban J connectivity index is 1.74. The quantitative estimate of drug-likeness (QED) is 0.521. The van der Waals surface area contributed by atoms with Crippen molar-refractivity contribution in [3.05, 3.63) is 53.9 Å². The van der Waals surface area contributed by atoms with E-state index in [4.69, 9.17) is 10.2 Å². The third kappa shape index (κ3) is 2.83. The summed E-state index contributed by atoms with van der Waals surface area (Å²) in [5, 5.41) is 21.5. The maximum atomic E-state index is 8.98. The highest BCUT2D eigenvalue weighted by Gasteiger charge is 2.17. The third-order valence-corrected chi connectivity index (χ3v) is 4.57. The van der Waals surface area contributed by atoms with Gasteiger partial charge in [0.2, 0.25) is 0 Å². The van der Waals surface area contributed by atoms with E-state index >= 15 is 0 Å². The Labute approximate surface area is 147 Å². The zero-order valence-electron chi connectivity index (χ0n) is 13.2. The van der Waals surface area contributed by atoms with E-state index in [9.17, 15) is 0 Å². The molecule has 0 spiro atoms. The van der Waals surface area contributed by atoms with E-state index in [0.29, 0.717) is 17.4 Å². The largest absolute Gasteiger partial charge is 0.256 e. The molecule has 1 aromatic carbocycles. The second-order valence-electron chi connectivity index (χ2n) is 5.24. The predicted molar refractivity (Wildman–Crippen MR) is 91.9 cm³/mol. The van der Waals surface area contributed by atoms with Crippen LogP contribution < -0.4 is 0 Å². The molecule has 3 heterocycles. The summed E-state index contributed by atoms with van der Waals surface area (Å²) in [6.45, 7) is 0. The van der Waals surface area contributed by atoms with E-state index in [1.54, 1.807) is 17.8 Å². The molecule has 0 atom stereocenters. The molecular weight excluding hydrogens is 336 g/mol. The number of nitrogens with zero attached hydrogens (tertiary/aromatic N) is 8. The first-order chi connectivity index (χ1) is 12.3. The summed E-state index contributed by atoms with van der Waals surface area (Å²) in [5.74, 6) is 1.18. The molecule has 0 N–H and O–H groups in total. The number of fused-ring (bicyclic) bond motifs is 1. The molecule has 8 nitrogen and oxygen atoms in total. The molecule has 3 aromatic heterocycles. The fourth-order valence-electron chi connectivity index (χ4n) is 2.47. The maximum absolute atomic E-state index is 8.98. The second-order valence-corrected chi connectivity index (χ2v) is 6.18. The number of hydrogen-bond donors (Lipinski definition) is 0. The van der Waals surface area contributed by atoms with Crippen molar-refractivity contribution < 1.29 is 0 Å². The summed E-state index contributed by atoms with van der Waals surface area (Å²) in [5.41, 5.74) is 3.02. The van der Waals surface area contributed by atoms with Gasteiger partial charge < -0.3 is 0 Å². The van der Waals surface area contributed by atoms with Crippen molar-refractivity contribution >= 4 is 22.8 Å². The standard InChI is InChI=1S/C16H12N8S/c1-23-15(20-21-22-23)24-14-8-3-2-7-13(14)19-16(24)25-10-12-6-4-5-11(9-17)18-12/h2-8H,10H2,1H3. The van der Waals surface area contributed by atoms with Gasteiger partial charge in [-0.2, -0.15) is 5.26 Å². The van der Waals surface area contributed by atoms with Crippen LogP contribution in [0, 0.1) is 11.3 Å². The summed E-state index contributed by atoms with van der Waals surface area (Å²) in [6.07, 6.45) is 0. The summed E-state index contributed by atoms with van der Waals surface area (Å²) in [4.78, 5) is 9.00. The topological polar surface area (TPSA) is 98.1 Å². The lowest BCUT2D eigenvalue weighted by Gasteiger charge is -2.06. The Kier molecular flexibility index (Phi) is 3.87. The zero-order chi connectivity index (χ0) is 17.2. The first-order valence-electron chi connectivity index (χ1n) is 7.45. The normalized spacial score (nSPS) is 10.9. The Morgan fingerprint density at radius 3 is 2.80 bits per heavy atom. The summed E-state index contributed by atoms with van der Waals surface area (Å²) in [6, 6.07) is 15.3. The van der Waals surface area contributed by atoms with Crippen molar-refractivity contribution in [2.75, 3.05) is 0 Å². The van der Waals surface area contributed by atoms with Gasteiger partial charge in [0.25, 0.3) is 5.95 Å². The van der Waals surface area contributed by atoms with Gasteiger partial charge in [-0.05, 0) is 34.7 Å². The van der Waals surface area contributed by atoms with Crippen LogP contribution in [0.25, 0.3) is 17.0 Å². The first kappa shape index (κ1) is 15.3. The Morgan fingerprint density at radius 2 is 2.00 bits per heavy atom. The highest BCUT2D eigenvalue weighted by atomic mass is 32.2. The molecule has 9 heteroatoms. The lowest BCUT2D eigenvalue weighted by Crippen LogP contribution is -2.05. The molecule has 122 valence electrons. The molecule has 0 amide bonds. The van der Waals surface area contributed by atoms with Crippen LogP contribution in [-0.4, -0.2) is 34.7 Å². The number of para-hydroxylation sites is 2. The lowest BCUT2D eigenvalue weighted by atomic mass is 10.3. The average molecular weight is 348 g/mol. The van der Waals surface area contributed by atoms with Gasteiger partial charge in [-0.3, -0.25) is 4.57 Å². The third-order valence-electron chi connectivity index (χ3n) is 3.60. The molecule has 0 saturated heterocycles. The molecule has 0 aliphatic rings. The van der Waals surface area contributed by atoms with Gasteiger partial charge in [-0.25, -0.2) is 14.6 Å². The number of benzene rings is 1. The summed E-state index contributed by atoms with van der Waals surface area (Å²) in [7, 11) is 1.79. The fourth-order valence-corrected chi connectivity index (χ4v) is 3.38. The molecule has 0 fully saturated rings. The number of imidazole rings is 1. The van der Waals surface area contributed by atoms with Crippen LogP contribution in [0.3, 0.4) is 0 Å². The smallest absolute Gasteiger partial charge is 0.254 e. The van der Waals surface area contributed by atoms with Gasteiger partial charge in [-0.1, -0.05) is 35.1 Å². The monoisotopic (exact) mass is 348 g/mol. The van der Waals surface area contributed by atoms with E-state index in [2.05, 4.69) is 26.6 Å². The maximum Gasteiger partial charge on any atom is 0.256 e. The highest BCUT2D eigenvalue weighted by molar-refractivity contribution is 7.98. The van der Waals surface area contributed by atoms with E-state index in [-0.39, 0.29) is 0 Å². The van der Waals surface area contributed by atoms with Gasteiger partial charge in [0.1, 0.15) is 11.8 Å². The van der Waals surface area contributed by atoms with E-state index in [1.807, 2.05) is 41.0 Å². The van der Waals surface area contributed by atoms with Gasteiger partial charge in [0.15, 0.2) is 5.16 Å². The number of pyridine rings is 1. The molecule has 0 unspecified atom stereocenters. The van der Waals surface area contributed by atoms with Crippen LogP contribution in [0.4, 0.5) is 0 Å². The SMILES string of the molecule is Cn1nnnc1-n1c(SCc2cccc(C#N)n2)nc2ccccc21. The van der Waals surface area contributed by atoms with Gasteiger partial charge >= 0.3 is 0 Å². The highest BCUT2D eigenvalue weighted by Crippen LogP contribution is 2.28. The molecular formula is C16H12N8S. The van der Waals surface area contributed by atoms with Crippen LogP contribution in [0.5, 0.6) is 0 Å². The number of nitriles is 1. The lowest BCUT2D eigenvalue weighted by molar-refractivity contribution is 0.682. The molecule has 4 rings (SSSR count). The summed E-state index contributed by atoms with van der Waals surface area (Å²) < 4.78 is 3.53. The number of hydrogen-bond acceptors (Lipinski definition) is 7. The molecule has 0 saturated carbocycles. The van der Waals surface area contributed by atoms with E-state index in [0.717, 1.165) is 21.9 Å². The van der Waals surface area contributed by atoms with Crippen LogP contribution in [0.15, 0.2) is 47.6 Å². The predicted octanol–water partition coefficient (Wildman–Crippen LogP) is 2.11. The number of tetrazole rings is 1. The number of aromatic nitrogens is 7. The number of aryl methyl sites for hydroxylation is 1. The van der Waals surface area contributed by atoms with Gasteiger partial charge in [0, 0.05) is 12.8 Å². The zero-order valence-corrected chi connectivity index (χ0v) is 14.1. The van der Waals surface area contributed by atoms with Crippen LogP contribution in [0.1, 0.15) is 11.4 Å². The van der Waals surface area contributed by atoms with Gasteiger partial charge in [0.05, 0.1) is 16.7 Å². The van der Waals surface area contributed by atoms with Crippen LogP contribution in [0.2, 0.25) is 0 Å². The number of thioether (sulfide) groups is 1. The van der Waals surface area contributed by atoms with Crippen molar-refractivity contribution in [1.29, 1.82) is 5.26 Å². The molecule has 0 radical (unpaired) electrons. The van der Waals surface area contributed by atoms with Gasteiger partial charge in [-0.15, -0.1) is 0 Å². The van der Waals surface area contributed by atoms with E-state index < -0.39 is 0 Å². The fraction of sp³-hybridized carbons (Fsp3) is 0.125. The van der Waals surface area contributed by atoms with Crippen molar-refractivity contribution in [3.8, 4) is 12.0 Å². The Bertz CT molecular complexity index is 1090. The van der Waals surface area contributed by atoms with Crippen molar-refractivity contribution in [2.45, 2.75) is 10.9 Å². The Morgan fingerprint density at radius 1 is 1.12 bits per heavy atom. The number of rotatable bonds is 4. The minimum Gasteiger partial charge on any atom is -0.254 e. The molecule has 25 heavy (non-hydrogen) atoms. The molecule has 0 bridgehead atoms. The minimum atomic E-state index is 0.407. The molecule has 0 aliphatic heterocycles. The second kappa shape index (κ2) is 6.33. The summed E-state index contributed by atoms with van der Waals surface area (Å²) >= 11 is 1.52. The Hall–Kier alpha value is -3.25. The average Bonchev–Trinajstić information content (AvgIpc) is 3.22. The van der Waals surface area contributed by atoms with E-state index in [1.165, 1.54) is 11.8 Å². The minimum absolute atomic E-state index is 0.407.